The fourth-order valence-electron chi connectivity index (χ4n) is 2.60. The van der Waals surface area contributed by atoms with Crippen molar-refractivity contribution < 1.29 is 12.8 Å². The summed E-state index contributed by atoms with van der Waals surface area (Å²) in [7, 11) is -3.82. The SMILES string of the molecule is O=S(=O)(NCc1ccc(N2CCCC2)nc1)c1ccc(F)cc1Cl. The summed E-state index contributed by atoms with van der Waals surface area (Å²) in [5.41, 5.74) is 0.736. The maximum absolute atomic E-state index is 13.0. The van der Waals surface area contributed by atoms with Crippen LogP contribution in [-0.4, -0.2) is 26.5 Å². The summed E-state index contributed by atoms with van der Waals surface area (Å²) in [6.45, 7) is 2.09. The lowest BCUT2D eigenvalue weighted by atomic mass is 10.3. The molecular formula is C16H17ClFN3O2S. The van der Waals surface area contributed by atoms with Gasteiger partial charge in [0.2, 0.25) is 10.0 Å². The highest BCUT2D eigenvalue weighted by atomic mass is 35.5. The van der Waals surface area contributed by atoms with Crippen molar-refractivity contribution in [1.29, 1.82) is 0 Å². The zero-order chi connectivity index (χ0) is 17.2. The number of hydrogen-bond acceptors (Lipinski definition) is 4. The van der Waals surface area contributed by atoms with E-state index in [1.807, 2.05) is 12.1 Å². The number of sulfonamides is 1. The Labute approximate surface area is 145 Å². The van der Waals surface area contributed by atoms with Gasteiger partial charge in [0, 0.05) is 25.8 Å². The van der Waals surface area contributed by atoms with E-state index in [0.717, 1.165) is 42.7 Å². The minimum atomic E-state index is -3.82. The molecule has 0 saturated carbocycles. The van der Waals surface area contributed by atoms with Crippen LogP contribution in [0.1, 0.15) is 18.4 Å². The van der Waals surface area contributed by atoms with Gasteiger partial charge in [0.15, 0.2) is 0 Å². The predicted octanol–water partition coefficient (Wildman–Crippen LogP) is 2.95. The van der Waals surface area contributed by atoms with E-state index in [1.165, 1.54) is 12.8 Å². The third kappa shape index (κ3) is 3.85. The molecule has 1 aliphatic heterocycles. The number of rotatable bonds is 5. The smallest absolute Gasteiger partial charge is 0.242 e. The zero-order valence-electron chi connectivity index (χ0n) is 12.9. The molecule has 0 unspecified atom stereocenters. The third-order valence-electron chi connectivity index (χ3n) is 3.89. The first-order chi connectivity index (χ1) is 11.5. The molecule has 3 rings (SSSR count). The Morgan fingerprint density at radius 2 is 1.96 bits per heavy atom. The van der Waals surface area contributed by atoms with Crippen LogP contribution < -0.4 is 9.62 Å². The topological polar surface area (TPSA) is 62.3 Å². The molecule has 1 aliphatic rings. The van der Waals surface area contributed by atoms with Crippen molar-refractivity contribution in [2.45, 2.75) is 24.3 Å². The molecule has 1 aromatic carbocycles. The van der Waals surface area contributed by atoms with Gasteiger partial charge in [-0.25, -0.2) is 22.5 Å². The molecule has 2 heterocycles. The Balaban J connectivity index is 1.68. The lowest BCUT2D eigenvalue weighted by molar-refractivity contribution is 0.580. The first-order valence-electron chi connectivity index (χ1n) is 7.60. The number of anilines is 1. The number of benzene rings is 1. The van der Waals surface area contributed by atoms with Gasteiger partial charge in [0.05, 0.1) is 5.02 Å². The molecule has 1 fully saturated rings. The Kier molecular flexibility index (Phi) is 5.03. The minimum absolute atomic E-state index is 0.0866. The van der Waals surface area contributed by atoms with Crippen molar-refractivity contribution in [3.05, 3.63) is 52.9 Å². The van der Waals surface area contributed by atoms with E-state index in [-0.39, 0.29) is 16.5 Å². The van der Waals surface area contributed by atoms with Crippen molar-refractivity contribution in [2.75, 3.05) is 18.0 Å². The molecule has 0 amide bonds. The molecule has 2 aromatic rings. The van der Waals surface area contributed by atoms with Crippen LogP contribution in [0.5, 0.6) is 0 Å². The molecule has 1 aromatic heterocycles. The fraction of sp³-hybridized carbons (Fsp3) is 0.312. The quantitative estimate of drug-likeness (QED) is 0.880. The van der Waals surface area contributed by atoms with E-state index in [0.29, 0.717) is 0 Å². The molecule has 0 atom stereocenters. The standard InChI is InChI=1S/C16H17ClFN3O2S/c17-14-9-13(18)4-5-15(14)24(22,23)20-11-12-3-6-16(19-10-12)21-7-1-2-8-21/h3-6,9-10,20H,1-2,7-8,11H2. The second-order valence-electron chi connectivity index (χ2n) is 5.62. The van der Waals surface area contributed by atoms with Crippen molar-refractivity contribution in [3.63, 3.8) is 0 Å². The van der Waals surface area contributed by atoms with E-state index < -0.39 is 15.8 Å². The Morgan fingerprint density at radius 3 is 2.58 bits per heavy atom. The number of nitrogens with zero attached hydrogens (tertiary/aromatic N) is 2. The summed E-state index contributed by atoms with van der Waals surface area (Å²) in [6, 6.07) is 6.92. The summed E-state index contributed by atoms with van der Waals surface area (Å²) in [4.78, 5) is 6.43. The van der Waals surface area contributed by atoms with Crippen LogP contribution in [0.25, 0.3) is 0 Å². The van der Waals surface area contributed by atoms with Crippen LogP contribution in [0.15, 0.2) is 41.4 Å². The normalized spacial score (nSPS) is 15.0. The van der Waals surface area contributed by atoms with Gasteiger partial charge >= 0.3 is 0 Å². The minimum Gasteiger partial charge on any atom is -0.357 e. The summed E-state index contributed by atoms with van der Waals surface area (Å²) in [5.74, 6) is 0.321. The van der Waals surface area contributed by atoms with Crippen LogP contribution in [0.4, 0.5) is 10.2 Å². The molecule has 8 heteroatoms. The Bertz CT molecular complexity index is 822. The molecule has 0 aliphatic carbocycles. The maximum atomic E-state index is 13.0. The lowest BCUT2D eigenvalue weighted by Crippen LogP contribution is -2.24. The van der Waals surface area contributed by atoms with Crippen LogP contribution >= 0.6 is 11.6 Å². The van der Waals surface area contributed by atoms with Gasteiger partial charge in [-0.05, 0) is 42.7 Å². The predicted molar refractivity (Wildman–Crippen MR) is 91.1 cm³/mol. The Morgan fingerprint density at radius 1 is 1.21 bits per heavy atom. The van der Waals surface area contributed by atoms with Gasteiger partial charge in [-0.2, -0.15) is 0 Å². The van der Waals surface area contributed by atoms with Crippen LogP contribution in [0.2, 0.25) is 5.02 Å². The van der Waals surface area contributed by atoms with Crippen molar-refractivity contribution in [2.24, 2.45) is 0 Å². The molecule has 24 heavy (non-hydrogen) atoms. The van der Waals surface area contributed by atoms with Gasteiger partial charge in [-0.15, -0.1) is 0 Å². The van der Waals surface area contributed by atoms with E-state index in [1.54, 1.807) is 6.20 Å². The van der Waals surface area contributed by atoms with Crippen molar-refractivity contribution in [3.8, 4) is 0 Å². The average Bonchev–Trinajstić information content (AvgIpc) is 3.07. The highest BCUT2D eigenvalue weighted by molar-refractivity contribution is 7.89. The number of aromatic nitrogens is 1. The fourth-order valence-corrected chi connectivity index (χ4v) is 4.15. The van der Waals surface area contributed by atoms with Gasteiger partial charge in [-0.1, -0.05) is 17.7 Å². The number of nitrogens with one attached hydrogen (secondary N) is 1. The summed E-state index contributed by atoms with van der Waals surface area (Å²) >= 11 is 5.81. The largest absolute Gasteiger partial charge is 0.357 e. The van der Waals surface area contributed by atoms with Gasteiger partial charge in [0.25, 0.3) is 0 Å². The molecule has 1 N–H and O–H groups in total. The second kappa shape index (κ2) is 7.04. The highest BCUT2D eigenvalue weighted by Gasteiger charge is 2.18. The monoisotopic (exact) mass is 369 g/mol. The van der Waals surface area contributed by atoms with Crippen LogP contribution in [0, 0.1) is 5.82 Å². The van der Waals surface area contributed by atoms with Crippen molar-refractivity contribution >= 4 is 27.4 Å². The summed E-state index contributed by atoms with van der Waals surface area (Å²) in [6.07, 6.45) is 3.99. The Hall–Kier alpha value is -1.70. The highest BCUT2D eigenvalue weighted by Crippen LogP contribution is 2.22. The van der Waals surface area contributed by atoms with Gasteiger partial charge < -0.3 is 4.90 Å². The van der Waals surface area contributed by atoms with E-state index in [9.17, 15) is 12.8 Å². The second-order valence-corrected chi connectivity index (χ2v) is 7.76. The molecular weight excluding hydrogens is 353 g/mol. The summed E-state index contributed by atoms with van der Waals surface area (Å²) < 4.78 is 40.0. The average molecular weight is 370 g/mol. The van der Waals surface area contributed by atoms with Crippen LogP contribution in [-0.2, 0) is 16.6 Å². The van der Waals surface area contributed by atoms with E-state index in [2.05, 4.69) is 14.6 Å². The lowest BCUT2D eigenvalue weighted by Gasteiger charge is -2.16. The van der Waals surface area contributed by atoms with Gasteiger partial charge in [-0.3, -0.25) is 0 Å². The van der Waals surface area contributed by atoms with Crippen molar-refractivity contribution in [1.82, 2.24) is 9.71 Å². The first kappa shape index (κ1) is 17.1. The first-order valence-corrected chi connectivity index (χ1v) is 9.46. The molecule has 5 nitrogen and oxygen atoms in total. The third-order valence-corrected chi connectivity index (χ3v) is 5.77. The molecule has 0 spiro atoms. The summed E-state index contributed by atoms with van der Waals surface area (Å²) in [5, 5.41) is -0.148. The van der Waals surface area contributed by atoms with E-state index >= 15 is 0 Å². The molecule has 0 bridgehead atoms. The number of halogens is 2. The number of hydrogen-bond donors (Lipinski definition) is 1. The van der Waals surface area contributed by atoms with Crippen LogP contribution in [0.3, 0.4) is 0 Å². The molecule has 0 radical (unpaired) electrons. The number of pyridine rings is 1. The maximum Gasteiger partial charge on any atom is 0.242 e. The zero-order valence-corrected chi connectivity index (χ0v) is 14.4. The van der Waals surface area contributed by atoms with Gasteiger partial charge in [0.1, 0.15) is 16.5 Å². The molecule has 1 saturated heterocycles. The molecule has 128 valence electrons. The van der Waals surface area contributed by atoms with E-state index in [4.69, 9.17) is 11.6 Å².